The molecule has 58 heavy (non-hydrogen) atoms. The lowest BCUT2D eigenvalue weighted by Crippen LogP contribution is -2.61. The lowest BCUT2D eigenvalue weighted by atomic mass is 9.78. The Morgan fingerprint density at radius 1 is 1.05 bits per heavy atom. The Morgan fingerprint density at radius 3 is 2.43 bits per heavy atom. The van der Waals surface area contributed by atoms with Gasteiger partial charge in [-0.1, -0.05) is 32.1 Å². The number of aromatic nitrogens is 4. The highest BCUT2D eigenvalue weighted by Gasteiger charge is 2.58. The van der Waals surface area contributed by atoms with Gasteiger partial charge in [-0.2, -0.15) is 0 Å². The fourth-order valence-corrected chi connectivity index (χ4v) is 9.25. The maximum Gasteiger partial charge on any atom is 0.410 e. The summed E-state index contributed by atoms with van der Waals surface area (Å²) >= 11 is 0. The summed E-state index contributed by atoms with van der Waals surface area (Å²) in [5, 5.41) is 23.6. The Bertz CT molecular complexity index is 1680. The molecule has 3 saturated heterocycles. The molecule has 0 bridgehead atoms. The van der Waals surface area contributed by atoms with Crippen LogP contribution in [-0.2, 0) is 39.8 Å². The van der Waals surface area contributed by atoms with Crippen LogP contribution in [0.5, 0.6) is 0 Å². The van der Waals surface area contributed by atoms with E-state index in [9.17, 15) is 19.5 Å². The monoisotopic (exact) mass is 814 g/mol. The van der Waals surface area contributed by atoms with E-state index < -0.39 is 71.5 Å². The minimum atomic E-state index is -1.23. The number of amides is 1. The Labute approximate surface area is 343 Å². The van der Waals surface area contributed by atoms with E-state index in [-0.39, 0.29) is 24.1 Å². The third kappa shape index (κ3) is 9.90. The van der Waals surface area contributed by atoms with Crippen molar-refractivity contribution in [3.05, 3.63) is 30.6 Å². The van der Waals surface area contributed by atoms with Gasteiger partial charge in [0.1, 0.15) is 23.8 Å². The number of unbranched alkanes of at least 4 members (excludes halogenated alkanes) is 1. The lowest BCUT2D eigenvalue weighted by molar-refractivity contribution is -0.295. The number of carbonyl (C=O) groups is 3. The predicted molar refractivity (Wildman–Crippen MR) is 215 cm³/mol. The quantitative estimate of drug-likeness (QED) is 0.188. The first-order valence-corrected chi connectivity index (χ1v) is 20.9. The first-order chi connectivity index (χ1) is 27.4. The number of nitrogens with zero attached hydrogens (tertiary/aromatic N) is 6. The molecule has 0 aliphatic carbocycles. The van der Waals surface area contributed by atoms with Crippen molar-refractivity contribution in [1.82, 2.24) is 35.1 Å². The smallest absolute Gasteiger partial charge is 0.410 e. The van der Waals surface area contributed by atoms with Crippen LogP contribution in [0.1, 0.15) is 87.5 Å². The van der Waals surface area contributed by atoms with Crippen molar-refractivity contribution in [2.24, 2.45) is 17.8 Å². The third-order valence-corrected chi connectivity index (χ3v) is 12.6. The van der Waals surface area contributed by atoms with Crippen LogP contribution in [0.3, 0.4) is 0 Å². The molecule has 0 saturated carbocycles. The van der Waals surface area contributed by atoms with Crippen LogP contribution in [0.15, 0.2) is 30.6 Å². The molecule has 16 heteroatoms. The number of methoxy groups -OCH3 is 1. The minimum Gasteiger partial charge on any atom is -0.458 e. The number of Topliss-reactive ketones (excluding diaryl/α,β-unsaturated/α-hetero) is 1. The second-order valence-corrected chi connectivity index (χ2v) is 17.4. The number of cyclic esters (lactones) is 1. The first kappa shape index (κ1) is 45.5. The lowest BCUT2D eigenvalue weighted by Gasteiger charge is -2.46. The molecule has 1 amide bonds. The molecule has 13 atom stereocenters. The zero-order valence-electron chi connectivity index (χ0n) is 36.3. The van der Waals surface area contributed by atoms with Crippen LogP contribution in [0.25, 0.3) is 11.4 Å². The molecule has 2 unspecified atom stereocenters. The van der Waals surface area contributed by atoms with Crippen molar-refractivity contribution in [1.29, 1.82) is 0 Å². The molecule has 3 aliphatic heterocycles. The molecular formula is C42H67N7O9. The number of fused-ring (bicyclic) bond motifs is 1. The van der Waals surface area contributed by atoms with Crippen LogP contribution >= 0.6 is 0 Å². The van der Waals surface area contributed by atoms with Gasteiger partial charge in [0.25, 0.3) is 0 Å². The number of ether oxygens (including phenoxy) is 5. The van der Waals surface area contributed by atoms with E-state index in [4.69, 9.17) is 23.7 Å². The van der Waals surface area contributed by atoms with Crippen molar-refractivity contribution in [2.75, 3.05) is 34.3 Å². The summed E-state index contributed by atoms with van der Waals surface area (Å²) in [7, 11) is 5.39. The van der Waals surface area contributed by atoms with Gasteiger partial charge in [0.15, 0.2) is 17.7 Å². The fraction of sp³-hybridized carbons (Fsp3) is 0.762. The average molecular weight is 814 g/mol. The highest BCUT2D eigenvalue weighted by Crippen LogP contribution is 2.40. The fourth-order valence-electron chi connectivity index (χ4n) is 9.25. The van der Waals surface area contributed by atoms with Crippen molar-refractivity contribution >= 4 is 17.8 Å². The largest absolute Gasteiger partial charge is 0.458 e. The summed E-state index contributed by atoms with van der Waals surface area (Å²) in [4.78, 5) is 50.2. The Kier molecular flexibility index (Phi) is 15.1. The Morgan fingerprint density at radius 2 is 1.78 bits per heavy atom. The van der Waals surface area contributed by atoms with Gasteiger partial charge in [-0.3, -0.25) is 24.2 Å². The summed E-state index contributed by atoms with van der Waals surface area (Å²) in [5.74, 6) is -3.15. The van der Waals surface area contributed by atoms with Gasteiger partial charge in [-0.15, -0.1) is 5.10 Å². The van der Waals surface area contributed by atoms with Crippen LogP contribution in [0.4, 0.5) is 4.79 Å². The topological polar surface area (TPSA) is 180 Å². The molecule has 16 nitrogen and oxygen atoms in total. The van der Waals surface area contributed by atoms with Gasteiger partial charge >= 0.3 is 12.1 Å². The Balaban J connectivity index is 1.38. The van der Waals surface area contributed by atoms with E-state index in [0.717, 1.165) is 12.1 Å². The highest BCUT2D eigenvalue weighted by molar-refractivity contribution is 6.00. The van der Waals surface area contributed by atoms with Crippen molar-refractivity contribution in [3.63, 3.8) is 0 Å². The first-order valence-electron chi connectivity index (χ1n) is 20.9. The number of esters is 1. The number of nitrogens with one attached hydrogen (secondary N) is 1. The van der Waals surface area contributed by atoms with Gasteiger partial charge in [0.2, 0.25) is 0 Å². The van der Waals surface area contributed by atoms with Gasteiger partial charge in [0, 0.05) is 44.4 Å². The summed E-state index contributed by atoms with van der Waals surface area (Å²) in [6, 6.07) is 4.61. The van der Waals surface area contributed by atoms with Crippen LogP contribution in [-0.4, -0.2) is 147 Å². The number of aryl methyl sites for hydroxylation is 1. The number of likely N-dealkylation sites (N-methyl/N-ethyl adjacent to an activating group) is 1. The number of ketones is 1. The van der Waals surface area contributed by atoms with E-state index in [0.29, 0.717) is 51.0 Å². The molecule has 5 heterocycles. The normalized spacial score (nSPS) is 36.9. The number of aliphatic hydroxyl groups excluding tert-OH is 1. The van der Waals surface area contributed by atoms with Gasteiger partial charge < -0.3 is 39.0 Å². The second-order valence-electron chi connectivity index (χ2n) is 17.4. The summed E-state index contributed by atoms with van der Waals surface area (Å²) < 4.78 is 33.3. The number of hydrogen-bond donors (Lipinski definition) is 2. The molecule has 0 radical (unpaired) electrons. The van der Waals surface area contributed by atoms with Crippen LogP contribution in [0, 0.1) is 17.8 Å². The average Bonchev–Trinajstić information content (AvgIpc) is 3.77. The second kappa shape index (κ2) is 19.2. The number of rotatable bonds is 11. The summed E-state index contributed by atoms with van der Waals surface area (Å²) in [6.45, 7) is 16.4. The zero-order valence-corrected chi connectivity index (χ0v) is 36.3. The molecular weight excluding hydrogens is 747 g/mol. The SMILES string of the molecule is CC[C@H]1OC(=O)C(C)C(=O)[C@@H](C)[C@@H](O[C@@H]2O[C@H](C)CC(N(C)C)[C@H]2O)[C@](C)(OC)C[C@@H](C)CN[C@H](C)[C@H]2N(CCCCn3cc(-c4ccccn4)nn3)C(=O)O[C@]12C. The number of aliphatic hydroxyl groups is 1. The standard InChI is InChI=1S/C42H67N7O9/c1-12-33-42(8)36(49(40(53)58-42)20-16-15-19-48-24-31(45-46-48)30-17-13-14-18-43-30)29(6)44-23-25(2)22-41(7,54-11)37(27(4)34(50)28(5)38(52)56-33)57-39-35(51)32(47(9)10)21-26(3)55-39/h13-14,17-18,24-29,32-33,35-37,39,44,51H,12,15-16,19-23H2,1-11H3/t25-,26-,27-,28?,29-,32?,33-,35-,36-,37-,39+,41-,42-/m1/s1. The van der Waals surface area contributed by atoms with Crippen LogP contribution < -0.4 is 5.32 Å². The van der Waals surface area contributed by atoms with E-state index in [1.807, 2.05) is 78.0 Å². The molecule has 5 rings (SSSR count). The molecule has 2 aromatic heterocycles. The predicted octanol–water partition coefficient (Wildman–Crippen LogP) is 4.10. The number of hydrogen-bond acceptors (Lipinski definition) is 14. The molecule has 324 valence electrons. The molecule has 3 fully saturated rings. The summed E-state index contributed by atoms with van der Waals surface area (Å²) in [5.41, 5.74) is -0.833. The highest BCUT2D eigenvalue weighted by atomic mass is 16.7. The van der Waals surface area contributed by atoms with E-state index in [1.54, 1.807) is 29.8 Å². The van der Waals surface area contributed by atoms with E-state index in [1.165, 1.54) is 6.92 Å². The van der Waals surface area contributed by atoms with Gasteiger partial charge in [-0.05, 0) is 105 Å². The summed E-state index contributed by atoms with van der Waals surface area (Å²) in [6.07, 6.45) is 1.92. The van der Waals surface area contributed by atoms with Gasteiger partial charge in [-0.25, -0.2) is 4.79 Å². The minimum absolute atomic E-state index is 0.00904. The van der Waals surface area contributed by atoms with Crippen LogP contribution in [0.2, 0.25) is 0 Å². The van der Waals surface area contributed by atoms with Crippen molar-refractivity contribution in [2.45, 2.75) is 154 Å². The molecule has 3 aliphatic rings. The zero-order chi connectivity index (χ0) is 42.5. The van der Waals surface area contributed by atoms with E-state index >= 15 is 0 Å². The maximum atomic E-state index is 14.4. The third-order valence-electron chi connectivity index (χ3n) is 12.6. The molecule has 0 spiro atoms. The molecule has 2 aromatic rings. The number of pyridine rings is 1. The van der Waals surface area contributed by atoms with Crippen molar-refractivity contribution < 1.29 is 43.2 Å². The number of carbonyl (C=O) groups excluding carboxylic acids is 3. The molecule has 0 aromatic carbocycles. The maximum absolute atomic E-state index is 14.4. The van der Waals surface area contributed by atoms with Gasteiger partial charge in [0.05, 0.1) is 35.7 Å². The van der Waals surface area contributed by atoms with Crippen molar-refractivity contribution in [3.8, 4) is 11.4 Å². The molecule has 2 N–H and O–H groups in total. The van der Waals surface area contributed by atoms with E-state index in [2.05, 4.69) is 27.5 Å². The Hall–Kier alpha value is -3.54.